The molecule has 0 radical (unpaired) electrons. The second-order valence-electron chi connectivity index (χ2n) is 15.7. The standard InChI is InChI=1S/C58H38N2S/c1-3-12-39(13-4-1)43-15-11-16-44(36-43)40-22-28-47(29-23-40)59(49-32-35-57-54(38-49)52-20-9-10-21-56(52)61-57)48-30-24-41(25-31-48)45-27-33-51-53-34-26-42-14-7-8-19-50(42)58(53)60(55(51)37-45)46-17-5-2-6-18-46/h1-38H. The van der Waals surface area contributed by atoms with Crippen LogP contribution in [0, 0.1) is 0 Å². The van der Waals surface area contributed by atoms with Gasteiger partial charge in [0.1, 0.15) is 0 Å². The minimum Gasteiger partial charge on any atom is -0.310 e. The summed E-state index contributed by atoms with van der Waals surface area (Å²) in [6.07, 6.45) is 0. The van der Waals surface area contributed by atoms with E-state index in [1.54, 1.807) is 0 Å². The quantitative estimate of drug-likeness (QED) is 0.156. The number of aromatic nitrogens is 1. The van der Waals surface area contributed by atoms with Gasteiger partial charge in [0.15, 0.2) is 0 Å². The maximum absolute atomic E-state index is 2.44. The summed E-state index contributed by atoms with van der Waals surface area (Å²) in [5.41, 5.74) is 14.1. The Morgan fingerprint density at radius 1 is 0.311 bits per heavy atom. The maximum Gasteiger partial charge on any atom is 0.0619 e. The average Bonchev–Trinajstić information content (AvgIpc) is 3.88. The monoisotopic (exact) mass is 794 g/mol. The molecule has 12 aromatic rings. The first-order chi connectivity index (χ1) is 30.2. The second-order valence-corrected chi connectivity index (χ2v) is 16.8. The SMILES string of the molecule is c1ccc(-c2cccc(-c3ccc(N(c4ccc(-c5ccc6c7ccc8ccccc8c7n(-c7ccccc7)c6c5)cc4)c4ccc5sc6ccccc6c5c4)cc3)c2)cc1. The third-order valence-electron chi connectivity index (χ3n) is 12.2. The molecule has 0 aliphatic rings. The number of rotatable bonds is 7. The molecule has 0 aliphatic carbocycles. The van der Waals surface area contributed by atoms with Gasteiger partial charge in [-0.25, -0.2) is 0 Å². The molecule has 3 heteroatoms. The van der Waals surface area contributed by atoms with E-state index in [-0.39, 0.29) is 0 Å². The van der Waals surface area contributed by atoms with Gasteiger partial charge in [0.2, 0.25) is 0 Å². The largest absolute Gasteiger partial charge is 0.310 e. The Kier molecular flexibility index (Phi) is 8.39. The maximum atomic E-state index is 2.44. The Hall–Kier alpha value is -7.72. The molecule has 0 aliphatic heterocycles. The molecule has 0 fully saturated rings. The first kappa shape index (κ1) is 35.2. The lowest BCUT2D eigenvalue weighted by molar-refractivity contribution is 1.19. The predicted molar refractivity (Wildman–Crippen MR) is 262 cm³/mol. The number of nitrogens with zero attached hydrogens (tertiary/aromatic N) is 2. The molecule has 2 heterocycles. The van der Waals surface area contributed by atoms with E-state index in [4.69, 9.17) is 0 Å². The van der Waals surface area contributed by atoms with Gasteiger partial charge in [-0.2, -0.15) is 0 Å². The van der Waals surface area contributed by atoms with Crippen molar-refractivity contribution in [2.24, 2.45) is 0 Å². The lowest BCUT2D eigenvalue weighted by atomic mass is 9.99. The second kappa shape index (κ2) is 14.5. The molecule has 0 spiro atoms. The summed E-state index contributed by atoms with van der Waals surface area (Å²) in [5.74, 6) is 0. The molecule has 0 bridgehead atoms. The van der Waals surface area contributed by atoms with Gasteiger partial charge < -0.3 is 9.47 Å². The van der Waals surface area contributed by atoms with Gasteiger partial charge in [-0.15, -0.1) is 11.3 Å². The summed E-state index contributed by atoms with van der Waals surface area (Å²) in [4.78, 5) is 2.39. The van der Waals surface area contributed by atoms with Crippen LogP contribution in [0.4, 0.5) is 17.1 Å². The van der Waals surface area contributed by atoms with E-state index < -0.39 is 0 Å². The number of hydrogen-bond acceptors (Lipinski definition) is 2. The zero-order valence-corrected chi connectivity index (χ0v) is 34.1. The third kappa shape index (κ3) is 6.09. The average molecular weight is 795 g/mol. The van der Waals surface area contributed by atoms with Crippen molar-refractivity contribution < 1.29 is 0 Å². The summed E-state index contributed by atoms with van der Waals surface area (Å²) < 4.78 is 5.05. The van der Waals surface area contributed by atoms with E-state index in [0.717, 1.165) is 22.7 Å². The fourth-order valence-electron chi connectivity index (χ4n) is 9.22. The Labute approximate surface area is 358 Å². The van der Waals surface area contributed by atoms with E-state index >= 15 is 0 Å². The van der Waals surface area contributed by atoms with Crippen LogP contribution in [0.5, 0.6) is 0 Å². The highest BCUT2D eigenvalue weighted by Crippen LogP contribution is 2.43. The van der Waals surface area contributed by atoms with Gasteiger partial charge in [-0.05, 0) is 112 Å². The third-order valence-corrected chi connectivity index (χ3v) is 13.3. The van der Waals surface area contributed by atoms with E-state index in [1.165, 1.54) is 86.1 Å². The molecule has 286 valence electrons. The van der Waals surface area contributed by atoms with Crippen LogP contribution in [0.1, 0.15) is 0 Å². The van der Waals surface area contributed by atoms with Gasteiger partial charge in [0, 0.05) is 59.1 Å². The van der Waals surface area contributed by atoms with E-state index in [1.807, 2.05) is 11.3 Å². The number of benzene rings is 10. The smallest absolute Gasteiger partial charge is 0.0619 e. The van der Waals surface area contributed by atoms with Gasteiger partial charge in [0.05, 0.1) is 11.0 Å². The fraction of sp³-hybridized carbons (Fsp3) is 0. The van der Waals surface area contributed by atoms with Crippen LogP contribution >= 0.6 is 11.3 Å². The fourth-order valence-corrected chi connectivity index (χ4v) is 10.3. The van der Waals surface area contributed by atoms with Crippen molar-refractivity contribution in [3.63, 3.8) is 0 Å². The number of hydrogen-bond donors (Lipinski definition) is 0. The molecule has 2 nitrogen and oxygen atoms in total. The number of fused-ring (bicyclic) bond motifs is 8. The zero-order valence-electron chi connectivity index (χ0n) is 33.2. The number of thiophene rings is 1. The minimum absolute atomic E-state index is 1.10. The minimum atomic E-state index is 1.10. The van der Waals surface area contributed by atoms with Crippen LogP contribution in [0.15, 0.2) is 231 Å². The summed E-state index contributed by atoms with van der Waals surface area (Å²) >= 11 is 1.85. The Bertz CT molecular complexity index is 3560. The molecule has 12 rings (SSSR count). The molecule has 0 atom stereocenters. The van der Waals surface area contributed by atoms with Crippen LogP contribution in [-0.4, -0.2) is 4.57 Å². The number of anilines is 3. The first-order valence-corrected chi connectivity index (χ1v) is 21.6. The Morgan fingerprint density at radius 2 is 0.852 bits per heavy atom. The highest BCUT2D eigenvalue weighted by Gasteiger charge is 2.18. The normalized spacial score (nSPS) is 11.6. The lowest BCUT2D eigenvalue weighted by Gasteiger charge is -2.26. The number of para-hydroxylation sites is 1. The zero-order chi connectivity index (χ0) is 40.3. The molecular formula is C58H38N2S. The summed E-state index contributed by atoms with van der Waals surface area (Å²) in [6.45, 7) is 0. The van der Waals surface area contributed by atoms with E-state index in [2.05, 4.69) is 240 Å². The van der Waals surface area contributed by atoms with Crippen molar-refractivity contribution >= 4 is 81.1 Å². The first-order valence-electron chi connectivity index (χ1n) is 20.8. The highest BCUT2D eigenvalue weighted by molar-refractivity contribution is 7.25. The molecule has 61 heavy (non-hydrogen) atoms. The van der Waals surface area contributed by atoms with Crippen molar-refractivity contribution in [1.29, 1.82) is 0 Å². The van der Waals surface area contributed by atoms with Crippen molar-refractivity contribution in [2.75, 3.05) is 4.90 Å². The molecule has 0 saturated heterocycles. The summed E-state index contributed by atoms with van der Waals surface area (Å²) in [5, 5.41) is 7.60. The Morgan fingerprint density at radius 3 is 1.59 bits per heavy atom. The van der Waals surface area contributed by atoms with Gasteiger partial charge in [0.25, 0.3) is 0 Å². The summed E-state index contributed by atoms with van der Waals surface area (Å²) in [7, 11) is 0. The van der Waals surface area contributed by atoms with Crippen molar-refractivity contribution in [3.8, 4) is 39.1 Å². The van der Waals surface area contributed by atoms with Crippen molar-refractivity contribution in [2.45, 2.75) is 0 Å². The molecule has 2 aromatic heterocycles. The van der Waals surface area contributed by atoms with Crippen LogP contribution in [-0.2, 0) is 0 Å². The Balaban J connectivity index is 0.965. The molecule has 10 aromatic carbocycles. The molecule has 0 amide bonds. The molecule has 0 saturated carbocycles. The van der Waals surface area contributed by atoms with Crippen LogP contribution in [0.2, 0.25) is 0 Å². The van der Waals surface area contributed by atoms with E-state index in [9.17, 15) is 0 Å². The van der Waals surface area contributed by atoms with Crippen LogP contribution in [0.25, 0.3) is 91.8 Å². The highest BCUT2D eigenvalue weighted by atomic mass is 32.1. The van der Waals surface area contributed by atoms with Crippen molar-refractivity contribution in [3.05, 3.63) is 231 Å². The van der Waals surface area contributed by atoms with Gasteiger partial charge >= 0.3 is 0 Å². The molecular weight excluding hydrogens is 757 g/mol. The lowest BCUT2D eigenvalue weighted by Crippen LogP contribution is -2.09. The molecule has 0 unspecified atom stereocenters. The van der Waals surface area contributed by atoms with E-state index in [0.29, 0.717) is 0 Å². The van der Waals surface area contributed by atoms with Crippen LogP contribution in [0.3, 0.4) is 0 Å². The van der Waals surface area contributed by atoms with Crippen molar-refractivity contribution in [1.82, 2.24) is 4.57 Å². The summed E-state index contributed by atoms with van der Waals surface area (Å²) in [6, 6.07) is 84.2. The van der Waals surface area contributed by atoms with Crippen LogP contribution < -0.4 is 4.90 Å². The topological polar surface area (TPSA) is 8.17 Å². The van der Waals surface area contributed by atoms with Gasteiger partial charge in [-0.1, -0.05) is 158 Å². The van der Waals surface area contributed by atoms with Gasteiger partial charge in [-0.3, -0.25) is 0 Å². The molecule has 0 N–H and O–H groups in total. The predicted octanol–water partition coefficient (Wildman–Crippen LogP) is 16.8.